The second kappa shape index (κ2) is 9.76. The maximum Gasteiger partial charge on any atom is 0.414 e. The van der Waals surface area contributed by atoms with Crippen LogP contribution in [-0.2, 0) is 14.4 Å². The number of cyclic esters (lactones) is 1. The van der Waals surface area contributed by atoms with Gasteiger partial charge in [-0.05, 0) is 0 Å². The van der Waals surface area contributed by atoms with Gasteiger partial charge in [0.15, 0.2) is 11.6 Å². The van der Waals surface area contributed by atoms with E-state index in [1.807, 2.05) is 0 Å². The summed E-state index contributed by atoms with van der Waals surface area (Å²) in [6.45, 7) is -0.291. The van der Waals surface area contributed by atoms with Crippen LogP contribution in [0.4, 0.5) is 25.0 Å². The molecule has 2 heterocycles. The Kier molecular flexibility index (Phi) is 7.09. The van der Waals surface area contributed by atoms with Gasteiger partial charge >= 0.3 is 6.09 Å². The lowest BCUT2D eigenvalue weighted by Gasteiger charge is -2.24. The first kappa shape index (κ1) is 22.5. The maximum atomic E-state index is 14.9. The van der Waals surface area contributed by atoms with Crippen molar-refractivity contribution in [2.45, 2.75) is 6.10 Å². The van der Waals surface area contributed by atoms with Crippen molar-refractivity contribution >= 4 is 23.4 Å². The highest BCUT2D eigenvalue weighted by Crippen LogP contribution is 2.31. The normalized spacial score (nSPS) is 19.7. The summed E-state index contributed by atoms with van der Waals surface area (Å²) in [7, 11) is 0. The van der Waals surface area contributed by atoms with Crippen LogP contribution in [0.1, 0.15) is 0 Å². The SMILES string of the molecule is N/C=C\N(N)C[C@H]1CN(c2cc(F)c(N3CCON(C(=O)CO)CC3)c(F)c2)C(=O)O1. The first-order valence-corrected chi connectivity index (χ1v) is 9.50. The predicted molar refractivity (Wildman–Crippen MR) is 105 cm³/mol. The van der Waals surface area contributed by atoms with Crippen molar-refractivity contribution in [1.29, 1.82) is 0 Å². The second-order valence-corrected chi connectivity index (χ2v) is 6.89. The van der Waals surface area contributed by atoms with Crippen molar-refractivity contribution in [3.63, 3.8) is 0 Å². The van der Waals surface area contributed by atoms with Crippen molar-refractivity contribution in [2.24, 2.45) is 11.6 Å². The molecular formula is C18H24F2N6O5. The number of ether oxygens (including phenoxy) is 1. The molecule has 2 saturated heterocycles. The second-order valence-electron chi connectivity index (χ2n) is 6.89. The number of hydrogen-bond donors (Lipinski definition) is 3. The van der Waals surface area contributed by atoms with E-state index < -0.39 is 36.3 Å². The molecule has 0 saturated carbocycles. The molecule has 0 bridgehead atoms. The highest BCUT2D eigenvalue weighted by molar-refractivity contribution is 5.90. The van der Waals surface area contributed by atoms with Gasteiger partial charge in [-0.25, -0.2) is 24.5 Å². The number of amides is 2. The smallest absolute Gasteiger partial charge is 0.414 e. The number of rotatable bonds is 6. The zero-order valence-corrected chi connectivity index (χ0v) is 16.6. The van der Waals surface area contributed by atoms with E-state index in [0.29, 0.717) is 0 Å². The number of aliphatic hydroxyl groups excluding tert-OH is 1. The molecule has 0 spiro atoms. The number of hydrogen-bond acceptors (Lipinski definition) is 9. The Morgan fingerprint density at radius 2 is 2.00 bits per heavy atom. The van der Waals surface area contributed by atoms with Gasteiger partial charge < -0.3 is 25.5 Å². The summed E-state index contributed by atoms with van der Waals surface area (Å²) in [6.07, 6.45) is 1.26. The number of benzene rings is 1. The summed E-state index contributed by atoms with van der Waals surface area (Å²) in [4.78, 5) is 31.5. The fourth-order valence-electron chi connectivity index (χ4n) is 3.39. The van der Waals surface area contributed by atoms with Gasteiger partial charge in [-0.2, -0.15) is 0 Å². The Hall–Kier alpha value is -3.16. The van der Waals surface area contributed by atoms with Crippen molar-refractivity contribution in [1.82, 2.24) is 10.1 Å². The summed E-state index contributed by atoms with van der Waals surface area (Å²) in [5.41, 5.74) is 4.96. The Morgan fingerprint density at radius 3 is 2.65 bits per heavy atom. The van der Waals surface area contributed by atoms with Gasteiger partial charge in [-0.15, -0.1) is 0 Å². The molecule has 31 heavy (non-hydrogen) atoms. The molecule has 2 aliphatic heterocycles. The van der Waals surface area contributed by atoms with Crippen LogP contribution >= 0.6 is 0 Å². The third-order valence-electron chi connectivity index (χ3n) is 4.79. The van der Waals surface area contributed by atoms with E-state index in [0.717, 1.165) is 22.1 Å². The highest BCUT2D eigenvalue weighted by Gasteiger charge is 2.34. The summed E-state index contributed by atoms with van der Waals surface area (Å²) in [6, 6.07) is 2.09. The van der Waals surface area contributed by atoms with Crippen LogP contribution in [0.2, 0.25) is 0 Å². The standard InChI is InChI=1S/C18H24F2N6O5/c19-14-7-12(25-10-13(31-18(25)29)9-24(22)2-1-21)8-15(20)17(14)23-3-4-26(16(28)11-27)30-6-5-23/h1-2,7-8,13,27H,3-6,9-11,21-22H2/b2-1-/t13-/m0/s1. The Labute approximate surface area is 176 Å². The number of halogens is 2. The molecule has 2 amide bonds. The number of nitrogens with zero attached hydrogens (tertiary/aromatic N) is 4. The number of hydrazine groups is 1. The molecule has 2 fully saturated rings. The number of hydroxylamine groups is 2. The minimum Gasteiger partial charge on any atom is -0.442 e. The Morgan fingerprint density at radius 1 is 1.29 bits per heavy atom. The average molecular weight is 442 g/mol. The quantitative estimate of drug-likeness (QED) is 0.392. The summed E-state index contributed by atoms with van der Waals surface area (Å²) in [5.74, 6) is 3.29. The minimum atomic E-state index is -0.875. The molecule has 3 rings (SSSR count). The first-order chi connectivity index (χ1) is 14.8. The van der Waals surface area contributed by atoms with Crippen LogP contribution in [0.25, 0.3) is 0 Å². The Bertz CT molecular complexity index is 834. The van der Waals surface area contributed by atoms with Gasteiger partial charge in [-0.1, -0.05) is 0 Å². The monoisotopic (exact) mass is 442 g/mol. The van der Waals surface area contributed by atoms with Crippen LogP contribution in [-0.4, -0.2) is 79.2 Å². The van der Waals surface area contributed by atoms with E-state index in [9.17, 15) is 18.4 Å². The number of carbonyl (C=O) groups is 2. The van der Waals surface area contributed by atoms with Crippen molar-refractivity contribution < 1.29 is 33.1 Å². The molecule has 0 radical (unpaired) electrons. The molecule has 0 unspecified atom stereocenters. The van der Waals surface area contributed by atoms with Gasteiger partial charge in [0.25, 0.3) is 5.91 Å². The van der Waals surface area contributed by atoms with Gasteiger partial charge in [0.2, 0.25) is 0 Å². The van der Waals surface area contributed by atoms with Crippen molar-refractivity contribution in [3.05, 3.63) is 36.2 Å². The first-order valence-electron chi connectivity index (χ1n) is 9.50. The number of aliphatic hydroxyl groups is 1. The number of carbonyl (C=O) groups excluding carboxylic acids is 2. The zero-order chi connectivity index (χ0) is 22.5. The van der Waals surface area contributed by atoms with Gasteiger partial charge in [0.05, 0.1) is 31.9 Å². The van der Waals surface area contributed by atoms with Gasteiger partial charge in [0.1, 0.15) is 18.4 Å². The molecule has 11 nitrogen and oxygen atoms in total. The largest absolute Gasteiger partial charge is 0.442 e. The maximum absolute atomic E-state index is 14.9. The minimum absolute atomic E-state index is 0.000657. The molecule has 170 valence electrons. The third kappa shape index (κ3) is 5.13. The highest BCUT2D eigenvalue weighted by atomic mass is 19.1. The van der Waals surface area contributed by atoms with Crippen molar-refractivity contribution in [3.8, 4) is 0 Å². The lowest BCUT2D eigenvalue weighted by atomic mass is 10.2. The lowest BCUT2D eigenvalue weighted by molar-refractivity contribution is -0.184. The summed E-state index contributed by atoms with van der Waals surface area (Å²) < 4.78 is 34.9. The van der Waals surface area contributed by atoms with E-state index >= 15 is 0 Å². The molecule has 0 aromatic heterocycles. The molecule has 5 N–H and O–H groups in total. The third-order valence-corrected chi connectivity index (χ3v) is 4.79. The van der Waals surface area contributed by atoms with Crippen molar-refractivity contribution in [2.75, 3.05) is 55.7 Å². The number of anilines is 2. The van der Waals surface area contributed by atoms with E-state index in [1.54, 1.807) is 0 Å². The Balaban J connectivity index is 1.73. The van der Waals surface area contributed by atoms with E-state index in [4.69, 9.17) is 26.3 Å². The fourth-order valence-corrected chi connectivity index (χ4v) is 3.39. The molecule has 1 atom stereocenters. The van der Waals surface area contributed by atoms with Crippen LogP contribution in [0.5, 0.6) is 0 Å². The molecule has 1 aromatic carbocycles. The van der Waals surface area contributed by atoms with Crippen LogP contribution in [0.15, 0.2) is 24.5 Å². The zero-order valence-electron chi connectivity index (χ0n) is 16.6. The van der Waals surface area contributed by atoms with E-state index in [1.165, 1.54) is 22.3 Å². The van der Waals surface area contributed by atoms with E-state index in [2.05, 4.69) is 0 Å². The summed E-state index contributed by atoms with van der Waals surface area (Å²) >= 11 is 0. The van der Waals surface area contributed by atoms with Crippen LogP contribution in [0.3, 0.4) is 0 Å². The van der Waals surface area contributed by atoms with Gasteiger partial charge in [-0.3, -0.25) is 14.5 Å². The lowest BCUT2D eigenvalue weighted by Crippen LogP contribution is -2.36. The van der Waals surface area contributed by atoms with Crippen LogP contribution in [0, 0.1) is 11.6 Å². The van der Waals surface area contributed by atoms with E-state index in [-0.39, 0.29) is 50.7 Å². The molecule has 0 aliphatic carbocycles. The average Bonchev–Trinajstić information content (AvgIpc) is 2.92. The van der Waals surface area contributed by atoms with Gasteiger partial charge in [0, 0.05) is 37.6 Å². The van der Waals surface area contributed by atoms with Crippen LogP contribution < -0.4 is 21.4 Å². The number of nitrogens with two attached hydrogens (primary N) is 2. The molecule has 2 aliphatic rings. The topological polar surface area (TPSA) is 138 Å². The molecule has 1 aromatic rings. The molecular weight excluding hydrogens is 418 g/mol. The fraction of sp³-hybridized carbons (Fsp3) is 0.444. The predicted octanol–water partition coefficient (Wildman–Crippen LogP) is -0.532. The summed E-state index contributed by atoms with van der Waals surface area (Å²) in [5, 5.41) is 11.1. The molecule has 13 heteroatoms.